The highest BCUT2D eigenvalue weighted by molar-refractivity contribution is 6.44. The first kappa shape index (κ1) is 27.3. The maximum absolute atomic E-state index is 13.7. The molecule has 1 aromatic heterocycles. The molecule has 2 heterocycles. The van der Waals surface area contributed by atoms with Crippen molar-refractivity contribution in [2.24, 2.45) is 5.41 Å². The van der Waals surface area contributed by atoms with E-state index in [0.717, 1.165) is 24.8 Å². The first-order valence-corrected chi connectivity index (χ1v) is 12.6. The van der Waals surface area contributed by atoms with Crippen LogP contribution in [0.25, 0.3) is 10.9 Å². The van der Waals surface area contributed by atoms with Crippen molar-refractivity contribution >= 4 is 28.5 Å². The number of piperidine rings is 1. The number of ketones is 1. The van der Waals surface area contributed by atoms with E-state index < -0.39 is 11.7 Å². The van der Waals surface area contributed by atoms with Crippen molar-refractivity contribution in [2.75, 3.05) is 41.4 Å². The monoisotopic (exact) mass is 523 g/mol. The van der Waals surface area contributed by atoms with Crippen molar-refractivity contribution in [2.45, 2.75) is 32.9 Å². The maximum atomic E-state index is 13.7. The highest BCUT2D eigenvalue weighted by Crippen LogP contribution is 2.37. The zero-order chi connectivity index (χ0) is 27.6. The summed E-state index contributed by atoms with van der Waals surface area (Å²) in [4.78, 5) is 42.2. The topological polar surface area (TPSA) is 81.1 Å². The zero-order valence-electron chi connectivity index (χ0n) is 22.5. The molecule has 0 radical (unpaired) electrons. The Morgan fingerprint density at radius 2 is 1.68 bits per heavy atom. The smallest absolute Gasteiger partial charge is 0.294 e. The summed E-state index contributed by atoms with van der Waals surface area (Å²) in [5.74, 6) is -1.37. The van der Waals surface area contributed by atoms with Gasteiger partial charge >= 0.3 is 0 Å². The van der Waals surface area contributed by atoms with Crippen LogP contribution in [0.15, 0.2) is 42.6 Å². The normalized spacial score (nSPS) is 14.9. The number of Topliss-reactive ketones (excluding diaryl/α,β-unsaturated/α-hetero) is 1. The fourth-order valence-corrected chi connectivity index (χ4v) is 5.09. The quantitative estimate of drug-likeness (QED) is 0.327. The van der Waals surface area contributed by atoms with Crippen LogP contribution >= 0.6 is 0 Å². The van der Waals surface area contributed by atoms with Crippen molar-refractivity contribution in [3.63, 3.8) is 0 Å². The molecule has 8 nitrogen and oxygen atoms in total. The van der Waals surface area contributed by atoms with Crippen LogP contribution in [0.2, 0.25) is 0 Å². The highest BCUT2D eigenvalue weighted by Gasteiger charge is 2.34. The molecule has 1 fully saturated rings. The van der Waals surface area contributed by atoms with Gasteiger partial charge in [-0.05, 0) is 48.4 Å². The van der Waals surface area contributed by atoms with Gasteiger partial charge in [-0.25, -0.2) is 4.39 Å². The third kappa shape index (κ3) is 5.43. The Bertz CT molecular complexity index is 1350. The summed E-state index contributed by atoms with van der Waals surface area (Å²) in [6.07, 6.45) is 3.98. The number of ether oxygens (including phenoxy) is 2. The van der Waals surface area contributed by atoms with Gasteiger partial charge in [0.2, 0.25) is 0 Å². The molecule has 4 rings (SSSR count). The van der Waals surface area contributed by atoms with Crippen LogP contribution in [-0.2, 0) is 22.7 Å². The molecule has 0 atom stereocenters. The number of carbonyl (C=O) groups excluding carboxylic acids is 3. The standard InChI is InChI=1S/C29H34FN3O5/c1-29(16-19-6-8-20(30)9-7-19)10-12-32(13-11-29)27(35)22-14-21-23(26(34)28(36)31(2)3)17-33(18-37-4)24(21)15-25(22)38-5/h6-9,14-15,17H,10-13,16,18H2,1-5H3. The average Bonchev–Trinajstić information content (AvgIpc) is 3.25. The minimum atomic E-state index is -0.659. The minimum Gasteiger partial charge on any atom is -0.496 e. The number of methoxy groups -OCH3 is 2. The lowest BCUT2D eigenvalue weighted by molar-refractivity contribution is -0.124. The van der Waals surface area contributed by atoms with E-state index >= 15 is 0 Å². The van der Waals surface area contributed by atoms with Crippen molar-refractivity contribution in [3.05, 3.63) is 65.1 Å². The molecule has 9 heteroatoms. The Labute approximate surface area is 221 Å². The number of likely N-dealkylation sites (tertiary alicyclic amines) is 1. The lowest BCUT2D eigenvalue weighted by Crippen LogP contribution is -2.43. The van der Waals surface area contributed by atoms with E-state index in [1.165, 1.54) is 45.3 Å². The number of likely N-dealkylation sites (N-methyl/N-ethyl adjacent to an activating group) is 1. The molecule has 38 heavy (non-hydrogen) atoms. The van der Waals surface area contributed by atoms with Gasteiger partial charge in [0.1, 0.15) is 18.3 Å². The van der Waals surface area contributed by atoms with Crippen LogP contribution < -0.4 is 4.74 Å². The molecular weight excluding hydrogens is 489 g/mol. The molecule has 0 saturated carbocycles. The number of amides is 2. The van der Waals surface area contributed by atoms with Crippen molar-refractivity contribution in [3.8, 4) is 5.75 Å². The summed E-state index contributed by atoms with van der Waals surface area (Å²) in [6, 6.07) is 9.93. The molecule has 0 unspecified atom stereocenters. The molecule has 0 N–H and O–H groups in total. The van der Waals surface area contributed by atoms with Gasteiger partial charge in [0, 0.05) is 51.9 Å². The second kappa shape index (κ2) is 10.9. The predicted molar refractivity (Wildman–Crippen MR) is 142 cm³/mol. The number of hydrogen-bond acceptors (Lipinski definition) is 5. The SMILES string of the molecule is COCn1cc(C(=O)C(=O)N(C)C)c2cc(C(=O)N3CCC(C)(Cc4ccc(F)cc4)CC3)c(OC)cc21. The number of nitrogens with zero attached hydrogens (tertiary/aromatic N) is 3. The van der Waals surface area contributed by atoms with Gasteiger partial charge in [0.25, 0.3) is 17.6 Å². The molecule has 3 aromatic rings. The number of aromatic nitrogens is 1. The van der Waals surface area contributed by atoms with Crippen LogP contribution in [0, 0.1) is 11.2 Å². The van der Waals surface area contributed by atoms with Gasteiger partial charge in [-0.3, -0.25) is 14.4 Å². The van der Waals surface area contributed by atoms with Gasteiger partial charge in [0.05, 0.1) is 23.8 Å². The van der Waals surface area contributed by atoms with Gasteiger partial charge in [0.15, 0.2) is 0 Å². The zero-order valence-corrected chi connectivity index (χ0v) is 22.5. The van der Waals surface area contributed by atoms with Crippen LogP contribution in [0.1, 0.15) is 46.0 Å². The minimum absolute atomic E-state index is 0.00779. The number of rotatable bonds is 8. The molecule has 2 aromatic carbocycles. The molecule has 0 spiro atoms. The summed E-state index contributed by atoms with van der Waals surface area (Å²) >= 11 is 0. The van der Waals surface area contributed by atoms with Crippen LogP contribution in [-0.4, -0.2) is 73.4 Å². The Morgan fingerprint density at radius 1 is 1.03 bits per heavy atom. The second-order valence-electron chi connectivity index (χ2n) is 10.4. The molecule has 1 saturated heterocycles. The Morgan fingerprint density at radius 3 is 2.26 bits per heavy atom. The van der Waals surface area contributed by atoms with Gasteiger partial charge in [-0.15, -0.1) is 0 Å². The number of fused-ring (bicyclic) bond motifs is 1. The number of halogens is 1. The van der Waals surface area contributed by atoms with Crippen molar-refractivity contribution < 1.29 is 28.2 Å². The van der Waals surface area contributed by atoms with Crippen LogP contribution in [0.3, 0.4) is 0 Å². The van der Waals surface area contributed by atoms with Crippen LogP contribution in [0.4, 0.5) is 4.39 Å². The maximum Gasteiger partial charge on any atom is 0.294 e. The predicted octanol–water partition coefficient (Wildman–Crippen LogP) is 4.15. The molecule has 202 valence electrons. The second-order valence-corrected chi connectivity index (χ2v) is 10.4. The van der Waals surface area contributed by atoms with Gasteiger partial charge in [-0.1, -0.05) is 19.1 Å². The average molecular weight is 524 g/mol. The fraction of sp³-hybridized carbons (Fsp3) is 0.414. The van der Waals surface area contributed by atoms with E-state index in [-0.39, 0.29) is 29.4 Å². The Hall–Kier alpha value is -3.72. The van der Waals surface area contributed by atoms with E-state index in [4.69, 9.17) is 9.47 Å². The van der Waals surface area contributed by atoms with E-state index in [1.807, 2.05) is 12.1 Å². The largest absolute Gasteiger partial charge is 0.496 e. The van der Waals surface area contributed by atoms with E-state index in [1.54, 1.807) is 27.8 Å². The van der Waals surface area contributed by atoms with E-state index in [0.29, 0.717) is 35.3 Å². The number of hydrogen-bond donors (Lipinski definition) is 0. The Kier molecular flexibility index (Phi) is 7.87. The summed E-state index contributed by atoms with van der Waals surface area (Å²) < 4.78 is 25.9. The molecule has 2 amide bonds. The number of carbonyl (C=O) groups is 3. The lowest BCUT2D eigenvalue weighted by atomic mass is 9.75. The molecule has 1 aliphatic heterocycles. The fourth-order valence-electron chi connectivity index (χ4n) is 5.09. The third-order valence-corrected chi connectivity index (χ3v) is 7.35. The van der Waals surface area contributed by atoms with Crippen molar-refractivity contribution in [1.29, 1.82) is 0 Å². The molecular formula is C29H34FN3O5. The first-order chi connectivity index (χ1) is 18.1. The molecule has 1 aliphatic rings. The first-order valence-electron chi connectivity index (χ1n) is 12.6. The molecule has 0 aliphatic carbocycles. The summed E-state index contributed by atoms with van der Waals surface area (Å²) in [7, 11) is 6.08. The van der Waals surface area contributed by atoms with Gasteiger partial charge in [-0.2, -0.15) is 0 Å². The van der Waals surface area contributed by atoms with Crippen LogP contribution in [0.5, 0.6) is 5.75 Å². The highest BCUT2D eigenvalue weighted by atomic mass is 19.1. The molecule has 0 bridgehead atoms. The van der Waals surface area contributed by atoms with E-state index in [2.05, 4.69) is 6.92 Å². The van der Waals surface area contributed by atoms with Crippen molar-refractivity contribution in [1.82, 2.24) is 14.4 Å². The van der Waals surface area contributed by atoms with Gasteiger partial charge < -0.3 is 23.8 Å². The third-order valence-electron chi connectivity index (χ3n) is 7.35. The summed E-state index contributed by atoms with van der Waals surface area (Å²) in [5, 5.41) is 0.490. The van der Waals surface area contributed by atoms with E-state index in [9.17, 15) is 18.8 Å². The lowest BCUT2D eigenvalue weighted by Gasteiger charge is -2.39. The number of benzene rings is 2. The summed E-state index contributed by atoms with van der Waals surface area (Å²) in [6.45, 7) is 3.48. The summed E-state index contributed by atoms with van der Waals surface area (Å²) in [5.41, 5.74) is 2.24. The Balaban J connectivity index is 1.62.